The fraction of sp³-hybridized carbons (Fsp3) is 0.800. The van der Waals surface area contributed by atoms with Crippen LogP contribution in [0.1, 0.15) is 50.6 Å². The van der Waals surface area contributed by atoms with Crippen LogP contribution in [-0.4, -0.2) is 52.9 Å². The number of hydrogen-bond donors (Lipinski definition) is 1. The molecule has 1 amide bonds. The predicted octanol–water partition coefficient (Wildman–Crippen LogP) is 2.91. The van der Waals surface area contributed by atoms with Crippen LogP contribution < -0.4 is 0 Å². The summed E-state index contributed by atoms with van der Waals surface area (Å²) in [5.41, 5.74) is 1.34. The summed E-state index contributed by atoms with van der Waals surface area (Å²) in [5.74, 6) is 3.06. The molecule has 0 spiro atoms. The summed E-state index contributed by atoms with van der Waals surface area (Å²) in [7, 11) is 4.13. The standard InChI is InChI=1S/C20H32N4O/c1-23(2)3-4-24(13-18-12-21-14-22-18)19(25)11-20-8-15-5-16(9-20)7-17(6-15)10-20/h12,14-17H,3-11,13H2,1-2H3,(H,21,22). The van der Waals surface area contributed by atoms with Gasteiger partial charge in [0, 0.05) is 25.7 Å². The minimum absolute atomic E-state index is 0.316. The van der Waals surface area contributed by atoms with Gasteiger partial charge in [0.15, 0.2) is 0 Å². The van der Waals surface area contributed by atoms with Crippen LogP contribution in [0.2, 0.25) is 0 Å². The number of rotatable bonds is 7. The van der Waals surface area contributed by atoms with Gasteiger partial charge in [-0.15, -0.1) is 0 Å². The van der Waals surface area contributed by atoms with Crippen molar-refractivity contribution in [2.24, 2.45) is 23.2 Å². The third-order valence-corrected chi connectivity index (χ3v) is 6.78. The minimum Gasteiger partial charge on any atom is -0.347 e. The molecule has 1 heterocycles. The molecule has 5 nitrogen and oxygen atoms in total. The first kappa shape index (κ1) is 17.1. The molecule has 1 aromatic heterocycles. The van der Waals surface area contributed by atoms with Gasteiger partial charge in [-0.1, -0.05) is 0 Å². The second-order valence-electron chi connectivity index (χ2n) is 9.29. The van der Waals surface area contributed by atoms with Gasteiger partial charge < -0.3 is 14.8 Å². The van der Waals surface area contributed by atoms with Crippen molar-refractivity contribution in [2.75, 3.05) is 27.2 Å². The second-order valence-corrected chi connectivity index (χ2v) is 9.29. The highest BCUT2D eigenvalue weighted by atomic mass is 16.2. The molecule has 4 aliphatic carbocycles. The van der Waals surface area contributed by atoms with E-state index in [0.29, 0.717) is 17.9 Å². The van der Waals surface area contributed by atoms with Crippen molar-refractivity contribution in [3.63, 3.8) is 0 Å². The topological polar surface area (TPSA) is 52.2 Å². The van der Waals surface area contributed by atoms with Crippen LogP contribution in [0.25, 0.3) is 0 Å². The van der Waals surface area contributed by atoms with E-state index in [1.807, 2.05) is 11.1 Å². The zero-order valence-electron chi connectivity index (χ0n) is 15.7. The molecular weight excluding hydrogens is 312 g/mol. The molecule has 1 aromatic rings. The zero-order chi connectivity index (χ0) is 17.4. The molecule has 0 radical (unpaired) electrons. The third-order valence-electron chi connectivity index (χ3n) is 6.78. The molecule has 0 aliphatic heterocycles. The first-order chi connectivity index (χ1) is 12.0. The van der Waals surface area contributed by atoms with E-state index in [9.17, 15) is 4.79 Å². The summed E-state index contributed by atoms with van der Waals surface area (Å²) in [5, 5.41) is 0. The molecule has 138 valence electrons. The van der Waals surface area contributed by atoms with Gasteiger partial charge >= 0.3 is 0 Å². The van der Waals surface area contributed by atoms with Crippen LogP contribution in [0.3, 0.4) is 0 Å². The van der Waals surface area contributed by atoms with Gasteiger partial charge in [-0.2, -0.15) is 0 Å². The van der Waals surface area contributed by atoms with Gasteiger partial charge in [0.2, 0.25) is 5.91 Å². The van der Waals surface area contributed by atoms with Crippen molar-refractivity contribution >= 4 is 5.91 Å². The maximum Gasteiger partial charge on any atom is 0.223 e. The minimum atomic E-state index is 0.316. The summed E-state index contributed by atoms with van der Waals surface area (Å²) in [6.45, 7) is 2.34. The third kappa shape index (κ3) is 3.76. The molecule has 25 heavy (non-hydrogen) atoms. The van der Waals surface area contributed by atoms with Gasteiger partial charge in [0.25, 0.3) is 0 Å². The summed E-state index contributed by atoms with van der Waals surface area (Å²) in [6.07, 6.45) is 12.5. The molecule has 0 unspecified atom stereocenters. The van der Waals surface area contributed by atoms with E-state index in [-0.39, 0.29) is 0 Å². The Morgan fingerprint density at radius 1 is 1.16 bits per heavy atom. The van der Waals surface area contributed by atoms with E-state index in [4.69, 9.17) is 0 Å². The monoisotopic (exact) mass is 344 g/mol. The highest BCUT2D eigenvalue weighted by Crippen LogP contribution is 2.61. The predicted molar refractivity (Wildman–Crippen MR) is 97.8 cm³/mol. The van der Waals surface area contributed by atoms with E-state index >= 15 is 0 Å². The fourth-order valence-corrected chi connectivity index (χ4v) is 6.13. The molecule has 5 rings (SSSR count). The molecule has 4 saturated carbocycles. The normalized spacial score (nSPS) is 33.2. The van der Waals surface area contributed by atoms with E-state index in [0.717, 1.165) is 43.0 Å². The molecule has 0 atom stereocenters. The summed E-state index contributed by atoms with van der Waals surface area (Å²) in [4.78, 5) is 24.7. The van der Waals surface area contributed by atoms with Gasteiger partial charge in [-0.25, -0.2) is 4.98 Å². The second kappa shape index (κ2) is 6.75. The van der Waals surface area contributed by atoms with E-state index in [1.165, 1.54) is 38.5 Å². The van der Waals surface area contributed by atoms with E-state index < -0.39 is 0 Å². The average molecular weight is 345 g/mol. The Bertz CT molecular complexity index is 560. The number of nitrogens with zero attached hydrogens (tertiary/aromatic N) is 3. The van der Waals surface area contributed by atoms with Crippen LogP contribution in [0, 0.1) is 23.2 Å². The van der Waals surface area contributed by atoms with Crippen molar-refractivity contribution in [1.29, 1.82) is 0 Å². The smallest absolute Gasteiger partial charge is 0.223 e. The van der Waals surface area contributed by atoms with Gasteiger partial charge in [0.05, 0.1) is 18.6 Å². The fourth-order valence-electron chi connectivity index (χ4n) is 6.13. The summed E-state index contributed by atoms with van der Waals surface area (Å²) < 4.78 is 0. The Balaban J connectivity index is 1.44. The number of carbonyl (C=O) groups excluding carboxylic acids is 1. The van der Waals surface area contributed by atoms with Crippen LogP contribution in [0.4, 0.5) is 0 Å². The number of likely N-dealkylation sites (N-methyl/N-ethyl adjacent to an activating group) is 1. The Hall–Kier alpha value is -1.36. The molecule has 0 aromatic carbocycles. The van der Waals surface area contributed by atoms with Crippen molar-refractivity contribution in [2.45, 2.75) is 51.5 Å². The Morgan fingerprint density at radius 3 is 2.32 bits per heavy atom. The first-order valence-corrected chi connectivity index (χ1v) is 9.91. The lowest BCUT2D eigenvalue weighted by atomic mass is 9.49. The van der Waals surface area contributed by atoms with Crippen molar-refractivity contribution < 1.29 is 4.79 Å². The number of aromatic nitrogens is 2. The van der Waals surface area contributed by atoms with Gasteiger partial charge in [0.1, 0.15) is 0 Å². The number of hydrogen-bond acceptors (Lipinski definition) is 3. The van der Waals surface area contributed by atoms with E-state index in [1.54, 1.807) is 6.33 Å². The van der Waals surface area contributed by atoms with Crippen LogP contribution in [0.15, 0.2) is 12.5 Å². The molecule has 5 heteroatoms. The lowest BCUT2D eigenvalue weighted by Gasteiger charge is -2.57. The lowest BCUT2D eigenvalue weighted by Crippen LogP contribution is -2.48. The summed E-state index contributed by atoms with van der Waals surface area (Å²) >= 11 is 0. The van der Waals surface area contributed by atoms with Crippen LogP contribution in [0.5, 0.6) is 0 Å². The largest absolute Gasteiger partial charge is 0.347 e. The number of nitrogens with one attached hydrogen (secondary N) is 1. The number of amides is 1. The summed E-state index contributed by atoms with van der Waals surface area (Å²) in [6, 6.07) is 0. The molecular formula is C20H32N4O. The van der Waals surface area contributed by atoms with Crippen molar-refractivity contribution in [3.05, 3.63) is 18.2 Å². The lowest BCUT2D eigenvalue weighted by molar-refractivity contribution is -0.140. The Morgan fingerprint density at radius 2 is 1.80 bits per heavy atom. The van der Waals surface area contributed by atoms with Crippen molar-refractivity contribution in [1.82, 2.24) is 19.8 Å². The number of imidazole rings is 1. The van der Waals surface area contributed by atoms with Crippen LogP contribution >= 0.6 is 0 Å². The Kier molecular flexibility index (Phi) is 4.61. The maximum absolute atomic E-state index is 13.2. The van der Waals surface area contributed by atoms with Crippen LogP contribution in [-0.2, 0) is 11.3 Å². The zero-order valence-corrected chi connectivity index (χ0v) is 15.7. The van der Waals surface area contributed by atoms with Gasteiger partial charge in [-0.3, -0.25) is 4.79 Å². The SMILES string of the molecule is CN(C)CCN(Cc1cnc[nH]1)C(=O)CC12CC3CC(CC(C3)C1)C2. The molecule has 1 N–H and O–H groups in total. The van der Waals surface area contributed by atoms with Gasteiger partial charge in [-0.05, 0) is 75.8 Å². The highest BCUT2D eigenvalue weighted by molar-refractivity contribution is 5.77. The molecule has 4 fully saturated rings. The molecule has 0 saturated heterocycles. The first-order valence-electron chi connectivity index (χ1n) is 9.91. The highest BCUT2D eigenvalue weighted by Gasteiger charge is 2.51. The maximum atomic E-state index is 13.2. The van der Waals surface area contributed by atoms with E-state index in [2.05, 4.69) is 29.0 Å². The molecule has 4 aliphatic rings. The quantitative estimate of drug-likeness (QED) is 0.827. The Labute approximate surface area is 151 Å². The number of H-pyrrole nitrogens is 1. The number of carbonyl (C=O) groups is 1. The van der Waals surface area contributed by atoms with Crippen molar-refractivity contribution in [3.8, 4) is 0 Å². The average Bonchev–Trinajstić information content (AvgIpc) is 3.02. The molecule has 4 bridgehead atoms. The number of aromatic amines is 1.